The Balaban J connectivity index is 2.38. The molecule has 2 rings (SSSR count). The van der Waals surface area contributed by atoms with Gasteiger partial charge in [-0.1, -0.05) is 0 Å². The minimum absolute atomic E-state index is 0.129. The van der Waals surface area contributed by atoms with Crippen LogP contribution in [0.3, 0.4) is 0 Å². The van der Waals surface area contributed by atoms with Crippen LogP contribution in [0, 0.1) is 0 Å². The van der Waals surface area contributed by atoms with Gasteiger partial charge < -0.3 is 16.0 Å². The monoisotopic (exact) mass is 218 g/mol. The predicted molar refractivity (Wildman–Crippen MR) is 64.5 cm³/mol. The Morgan fingerprint density at radius 3 is 3.19 bits per heavy atom. The summed E-state index contributed by atoms with van der Waals surface area (Å²) in [5.41, 5.74) is 7.56. The molecule has 0 aliphatic rings. The first-order valence-corrected chi connectivity index (χ1v) is 5.23. The Hall–Kier alpha value is -1.88. The number of hydrogen-bond acceptors (Lipinski definition) is 4. The van der Waals surface area contributed by atoms with Gasteiger partial charge in [0.25, 0.3) is 5.56 Å². The Morgan fingerprint density at radius 2 is 2.38 bits per heavy atom. The van der Waals surface area contributed by atoms with Gasteiger partial charge >= 0.3 is 0 Å². The first kappa shape index (κ1) is 10.6. The molecule has 0 atom stereocenters. The number of nitrogens with one attached hydrogen (secondary N) is 2. The van der Waals surface area contributed by atoms with Gasteiger partial charge in [0.1, 0.15) is 5.52 Å². The molecule has 2 aromatic rings. The fraction of sp³-hybridized carbons (Fsp3) is 0.273. The van der Waals surface area contributed by atoms with Gasteiger partial charge in [-0.15, -0.1) is 0 Å². The topological polar surface area (TPSA) is 83.8 Å². The third-order valence-corrected chi connectivity index (χ3v) is 2.29. The van der Waals surface area contributed by atoms with Crippen molar-refractivity contribution in [2.45, 2.75) is 6.42 Å². The van der Waals surface area contributed by atoms with Gasteiger partial charge in [0.2, 0.25) is 0 Å². The van der Waals surface area contributed by atoms with Gasteiger partial charge in [-0.3, -0.25) is 9.78 Å². The Morgan fingerprint density at radius 1 is 1.50 bits per heavy atom. The normalized spacial score (nSPS) is 10.6. The van der Waals surface area contributed by atoms with E-state index in [1.807, 2.05) is 6.07 Å². The second-order valence-electron chi connectivity index (χ2n) is 3.52. The average molecular weight is 218 g/mol. The molecule has 0 aliphatic heterocycles. The zero-order valence-corrected chi connectivity index (χ0v) is 8.86. The number of fused-ring (bicyclic) bond motifs is 1. The fourth-order valence-electron chi connectivity index (χ4n) is 1.55. The van der Waals surface area contributed by atoms with E-state index in [1.54, 1.807) is 12.3 Å². The Bertz CT molecular complexity index is 535. The summed E-state index contributed by atoms with van der Waals surface area (Å²) in [6, 6.07) is 5.14. The molecule has 4 N–H and O–H groups in total. The van der Waals surface area contributed by atoms with Crippen LogP contribution in [-0.2, 0) is 0 Å². The molecule has 0 bridgehead atoms. The quantitative estimate of drug-likeness (QED) is 0.659. The van der Waals surface area contributed by atoms with Crippen molar-refractivity contribution in [3.63, 3.8) is 0 Å². The highest BCUT2D eigenvalue weighted by atomic mass is 16.1. The van der Waals surface area contributed by atoms with Crippen LogP contribution in [0.5, 0.6) is 0 Å². The molecule has 0 spiro atoms. The number of nitrogens with zero attached hydrogens (tertiary/aromatic N) is 1. The molecule has 0 aromatic carbocycles. The van der Waals surface area contributed by atoms with Crippen molar-refractivity contribution < 1.29 is 0 Å². The van der Waals surface area contributed by atoms with Crippen LogP contribution in [-0.4, -0.2) is 23.1 Å². The lowest BCUT2D eigenvalue weighted by atomic mass is 10.2. The molecule has 0 radical (unpaired) electrons. The second kappa shape index (κ2) is 4.76. The molecule has 0 aliphatic carbocycles. The summed E-state index contributed by atoms with van der Waals surface area (Å²) in [7, 11) is 0. The summed E-state index contributed by atoms with van der Waals surface area (Å²) in [5.74, 6) is 0. The van der Waals surface area contributed by atoms with Crippen molar-refractivity contribution in [1.29, 1.82) is 0 Å². The molecule has 0 saturated heterocycles. The summed E-state index contributed by atoms with van der Waals surface area (Å²) in [6.45, 7) is 1.37. The van der Waals surface area contributed by atoms with Gasteiger partial charge in [-0.05, 0) is 25.1 Å². The number of anilines is 1. The van der Waals surface area contributed by atoms with Crippen LogP contribution in [0.2, 0.25) is 0 Å². The highest BCUT2D eigenvalue weighted by molar-refractivity contribution is 5.86. The van der Waals surface area contributed by atoms with Crippen LogP contribution < -0.4 is 16.6 Å². The molecule has 0 saturated carbocycles. The highest BCUT2D eigenvalue weighted by Gasteiger charge is 2.02. The van der Waals surface area contributed by atoms with Gasteiger partial charge in [0.05, 0.1) is 11.2 Å². The maximum atomic E-state index is 11.4. The molecule has 0 amide bonds. The largest absolute Gasteiger partial charge is 0.383 e. The van der Waals surface area contributed by atoms with E-state index in [0.29, 0.717) is 6.54 Å². The number of H-pyrrole nitrogens is 1. The lowest BCUT2D eigenvalue weighted by Gasteiger charge is -2.07. The fourth-order valence-corrected chi connectivity index (χ4v) is 1.55. The number of pyridine rings is 2. The second-order valence-corrected chi connectivity index (χ2v) is 3.52. The summed E-state index contributed by atoms with van der Waals surface area (Å²) in [5, 5.41) is 3.17. The molecule has 16 heavy (non-hydrogen) atoms. The molecule has 0 unspecified atom stereocenters. The summed E-state index contributed by atoms with van der Waals surface area (Å²) < 4.78 is 0. The first-order chi connectivity index (χ1) is 7.81. The Labute approximate surface area is 92.7 Å². The average Bonchev–Trinajstić information content (AvgIpc) is 2.29. The molecule has 5 nitrogen and oxygen atoms in total. The third kappa shape index (κ3) is 2.20. The van der Waals surface area contributed by atoms with Crippen LogP contribution >= 0.6 is 0 Å². The van der Waals surface area contributed by atoms with Gasteiger partial charge in [-0.2, -0.15) is 0 Å². The van der Waals surface area contributed by atoms with Crippen molar-refractivity contribution in [2.75, 3.05) is 18.4 Å². The van der Waals surface area contributed by atoms with Crippen molar-refractivity contribution in [3.05, 3.63) is 34.7 Å². The number of hydrogen-bond donors (Lipinski definition) is 3. The van der Waals surface area contributed by atoms with Crippen molar-refractivity contribution >= 4 is 16.7 Å². The van der Waals surface area contributed by atoms with Gasteiger partial charge in [-0.25, -0.2) is 0 Å². The zero-order valence-electron chi connectivity index (χ0n) is 8.86. The smallest absolute Gasteiger partial charge is 0.250 e. The van der Waals surface area contributed by atoms with E-state index in [2.05, 4.69) is 15.3 Å². The van der Waals surface area contributed by atoms with E-state index in [1.165, 1.54) is 6.07 Å². The van der Waals surface area contributed by atoms with E-state index >= 15 is 0 Å². The third-order valence-electron chi connectivity index (χ3n) is 2.29. The van der Waals surface area contributed by atoms with E-state index in [4.69, 9.17) is 5.73 Å². The maximum Gasteiger partial charge on any atom is 0.250 e. The molecule has 0 fully saturated rings. The molecule has 2 heterocycles. The van der Waals surface area contributed by atoms with E-state index in [-0.39, 0.29) is 5.56 Å². The van der Waals surface area contributed by atoms with Crippen LogP contribution in [0.15, 0.2) is 29.2 Å². The van der Waals surface area contributed by atoms with Crippen molar-refractivity contribution in [1.82, 2.24) is 9.97 Å². The highest BCUT2D eigenvalue weighted by Crippen LogP contribution is 2.16. The molecular weight excluding hydrogens is 204 g/mol. The van der Waals surface area contributed by atoms with Crippen LogP contribution in [0.1, 0.15) is 6.42 Å². The molecule has 2 aromatic heterocycles. The van der Waals surface area contributed by atoms with Gasteiger partial charge in [0.15, 0.2) is 0 Å². The minimum Gasteiger partial charge on any atom is -0.383 e. The van der Waals surface area contributed by atoms with Crippen LogP contribution in [0.4, 0.5) is 5.69 Å². The standard InChI is InChI=1S/C11H14N4O/c12-4-2-6-13-9-7-10(16)15-8-3-1-5-14-11(8)9/h1,3,5,7H,2,4,6,12H2,(H2,13,15,16). The number of nitrogens with two attached hydrogens (primary N) is 1. The minimum atomic E-state index is -0.129. The van der Waals surface area contributed by atoms with Crippen molar-refractivity contribution in [2.24, 2.45) is 5.73 Å². The zero-order chi connectivity index (χ0) is 11.4. The van der Waals surface area contributed by atoms with E-state index in [0.717, 1.165) is 29.7 Å². The van der Waals surface area contributed by atoms with Crippen molar-refractivity contribution in [3.8, 4) is 0 Å². The number of aromatic amines is 1. The molecule has 84 valence electrons. The molecular formula is C11H14N4O. The summed E-state index contributed by atoms with van der Waals surface area (Å²) >= 11 is 0. The number of rotatable bonds is 4. The van der Waals surface area contributed by atoms with E-state index < -0.39 is 0 Å². The van der Waals surface area contributed by atoms with E-state index in [9.17, 15) is 4.79 Å². The maximum absolute atomic E-state index is 11.4. The molecule has 5 heteroatoms. The SMILES string of the molecule is NCCCNc1cc(=O)[nH]c2cccnc12. The Kier molecular flexibility index (Phi) is 3.16. The summed E-state index contributed by atoms with van der Waals surface area (Å²) in [6.07, 6.45) is 2.57. The lowest BCUT2D eigenvalue weighted by Crippen LogP contribution is -2.12. The first-order valence-electron chi connectivity index (χ1n) is 5.23. The van der Waals surface area contributed by atoms with Crippen LogP contribution in [0.25, 0.3) is 11.0 Å². The lowest BCUT2D eigenvalue weighted by molar-refractivity contribution is 0.874. The number of aromatic nitrogens is 2. The predicted octanol–water partition coefficient (Wildman–Crippen LogP) is 0.684. The van der Waals surface area contributed by atoms with Gasteiger partial charge in [0, 0.05) is 18.8 Å². The summed E-state index contributed by atoms with van der Waals surface area (Å²) in [4.78, 5) is 18.4.